The van der Waals surface area contributed by atoms with Gasteiger partial charge in [-0.25, -0.2) is 4.98 Å². The van der Waals surface area contributed by atoms with Crippen LogP contribution >= 0.6 is 24.0 Å². The third-order valence-corrected chi connectivity index (χ3v) is 6.69. The van der Waals surface area contributed by atoms with E-state index in [-0.39, 0.29) is 17.6 Å². The number of aromatic nitrogens is 2. The highest BCUT2D eigenvalue weighted by atomic mass is 32.2. The number of nitrogens with zero attached hydrogens (tertiary/aromatic N) is 3. The van der Waals surface area contributed by atoms with Crippen LogP contribution in [0.15, 0.2) is 34.1 Å². The summed E-state index contributed by atoms with van der Waals surface area (Å²) >= 11 is 6.62. The van der Waals surface area contributed by atoms with Crippen molar-refractivity contribution >= 4 is 51.7 Å². The summed E-state index contributed by atoms with van der Waals surface area (Å²) in [6, 6.07) is 5.39. The van der Waals surface area contributed by atoms with Crippen LogP contribution in [-0.4, -0.2) is 63.5 Å². The van der Waals surface area contributed by atoms with Gasteiger partial charge in [-0.2, -0.15) is 0 Å². The Balaban J connectivity index is 1.63. The number of rotatable bonds is 9. The van der Waals surface area contributed by atoms with Gasteiger partial charge in [-0.1, -0.05) is 30.0 Å². The molecule has 4 heterocycles. The van der Waals surface area contributed by atoms with E-state index in [0.29, 0.717) is 59.0 Å². The number of amides is 1. The van der Waals surface area contributed by atoms with Crippen LogP contribution in [0.3, 0.4) is 0 Å². The predicted molar refractivity (Wildman–Crippen MR) is 130 cm³/mol. The van der Waals surface area contributed by atoms with Gasteiger partial charge in [-0.3, -0.25) is 18.9 Å². The third-order valence-electron chi connectivity index (χ3n) is 5.31. The normalized spacial score (nSPS) is 20.1. The zero-order valence-corrected chi connectivity index (χ0v) is 19.5. The molecule has 1 N–H and O–H groups in total. The lowest BCUT2D eigenvalue weighted by Gasteiger charge is -2.15. The first-order valence-corrected chi connectivity index (χ1v) is 12.0. The number of nitrogens with one attached hydrogen (secondary N) is 1. The molecule has 0 spiro atoms. The van der Waals surface area contributed by atoms with E-state index in [9.17, 15) is 9.59 Å². The molecule has 32 heavy (non-hydrogen) atoms. The predicted octanol–water partition coefficient (Wildman–Crippen LogP) is 2.91. The number of hydrogen-bond acceptors (Lipinski definition) is 8. The van der Waals surface area contributed by atoms with Gasteiger partial charge in [-0.05, 0) is 44.4 Å². The molecule has 1 atom stereocenters. The number of thiocarbonyl (C=S) groups is 1. The minimum atomic E-state index is -0.243. The van der Waals surface area contributed by atoms with Crippen LogP contribution < -0.4 is 10.9 Å². The molecule has 0 saturated carbocycles. The number of carbonyl (C=O) groups excluding carboxylic acids is 1. The van der Waals surface area contributed by atoms with Crippen molar-refractivity contribution in [2.45, 2.75) is 32.3 Å². The number of thioether (sulfide) groups is 1. The highest BCUT2D eigenvalue weighted by Crippen LogP contribution is 2.33. The fraction of sp³-hybridized carbons (Fsp3) is 0.455. The van der Waals surface area contributed by atoms with Gasteiger partial charge in [0, 0.05) is 39.1 Å². The summed E-state index contributed by atoms with van der Waals surface area (Å²) in [5, 5.41) is 3.27. The Morgan fingerprint density at radius 2 is 2.28 bits per heavy atom. The second kappa shape index (κ2) is 10.6. The second-order valence-corrected chi connectivity index (χ2v) is 9.18. The first kappa shape index (κ1) is 22.9. The first-order valence-electron chi connectivity index (χ1n) is 10.8. The molecule has 170 valence electrons. The minimum Gasteiger partial charge on any atom is -0.382 e. The summed E-state index contributed by atoms with van der Waals surface area (Å²) in [5.41, 5.74) is 0.626. The molecule has 0 radical (unpaired) electrons. The average Bonchev–Trinajstić information content (AvgIpc) is 3.41. The number of fused-ring (bicyclic) bond motifs is 1. The number of anilines is 1. The molecule has 2 aliphatic heterocycles. The average molecular weight is 475 g/mol. The monoisotopic (exact) mass is 474 g/mol. The van der Waals surface area contributed by atoms with Crippen LogP contribution in [0.25, 0.3) is 11.7 Å². The summed E-state index contributed by atoms with van der Waals surface area (Å²) in [6.45, 7) is 4.93. The summed E-state index contributed by atoms with van der Waals surface area (Å²) < 4.78 is 13.0. The molecule has 4 rings (SSSR count). The van der Waals surface area contributed by atoms with Crippen molar-refractivity contribution in [1.29, 1.82) is 0 Å². The SMILES string of the molecule is CCOCCCN1C(=O)/C(=C\c2c(NC[C@H]3CCCO3)nc3ccccn3c2=O)SC1=S. The maximum Gasteiger partial charge on any atom is 0.267 e. The molecule has 0 aromatic carbocycles. The molecular weight excluding hydrogens is 448 g/mol. The Labute approximate surface area is 196 Å². The number of carbonyl (C=O) groups is 1. The van der Waals surface area contributed by atoms with Gasteiger partial charge in [0.1, 0.15) is 15.8 Å². The van der Waals surface area contributed by atoms with Crippen molar-refractivity contribution in [3.8, 4) is 0 Å². The van der Waals surface area contributed by atoms with Crippen LogP contribution in [0.1, 0.15) is 31.7 Å². The molecular formula is C22H26N4O4S2. The number of pyridine rings is 1. The maximum absolute atomic E-state index is 13.3. The van der Waals surface area contributed by atoms with Gasteiger partial charge in [0.05, 0.1) is 16.6 Å². The fourth-order valence-electron chi connectivity index (χ4n) is 3.68. The molecule has 2 saturated heterocycles. The van der Waals surface area contributed by atoms with Gasteiger partial charge < -0.3 is 14.8 Å². The largest absolute Gasteiger partial charge is 0.382 e. The molecule has 2 aromatic heterocycles. The molecule has 1 amide bonds. The summed E-state index contributed by atoms with van der Waals surface area (Å²) in [7, 11) is 0. The summed E-state index contributed by atoms with van der Waals surface area (Å²) in [6.07, 6.45) is 6.05. The van der Waals surface area contributed by atoms with Gasteiger partial charge in [0.15, 0.2) is 0 Å². The van der Waals surface area contributed by atoms with Gasteiger partial charge in [0.2, 0.25) is 0 Å². The van der Waals surface area contributed by atoms with E-state index >= 15 is 0 Å². The van der Waals surface area contributed by atoms with Crippen LogP contribution in [0.2, 0.25) is 0 Å². The lowest BCUT2D eigenvalue weighted by atomic mass is 10.2. The van der Waals surface area contributed by atoms with E-state index < -0.39 is 0 Å². The molecule has 8 nitrogen and oxygen atoms in total. The Morgan fingerprint density at radius 1 is 1.41 bits per heavy atom. The van der Waals surface area contributed by atoms with E-state index in [1.807, 2.05) is 13.0 Å². The molecule has 0 aliphatic carbocycles. The number of ether oxygens (including phenoxy) is 2. The first-order chi connectivity index (χ1) is 15.6. The molecule has 0 unspecified atom stereocenters. The van der Waals surface area contributed by atoms with Gasteiger partial charge in [0.25, 0.3) is 11.5 Å². The van der Waals surface area contributed by atoms with Crippen molar-refractivity contribution in [2.24, 2.45) is 0 Å². The van der Waals surface area contributed by atoms with Crippen molar-refractivity contribution in [3.05, 3.63) is 45.2 Å². The zero-order chi connectivity index (χ0) is 22.5. The highest BCUT2D eigenvalue weighted by Gasteiger charge is 2.32. The Morgan fingerprint density at radius 3 is 3.06 bits per heavy atom. The smallest absolute Gasteiger partial charge is 0.267 e. The number of hydrogen-bond donors (Lipinski definition) is 1. The lowest BCUT2D eigenvalue weighted by Crippen LogP contribution is -2.30. The van der Waals surface area contributed by atoms with Gasteiger partial charge in [-0.15, -0.1) is 0 Å². The van der Waals surface area contributed by atoms with Crippen LogP contribution in [-0.2, 0) is 14.3 Å². The van der Waals surface area contributed by atoms with E-state index in [1.54, 1.807) is 29.3 Å². The molecule has 10 heteroatoms. The standard InChI is InChI=1S/C22H26N4O4S2/c1-2-29-11-6-10-26-21(28)17(32-22(26)31)13-16-19(23-14-15-7-5-12-30-15)24-18-8-3-4-9-25(18)20(16)27/h3-4,8-9,13,15,23H,2,5-7,10-12,14H2,1H3/b17-13+/t15-/m1/s1. The molecule has 2 aliphatic rings. The summed E-state index contributed by atoms with van der Waals surface area (Å²) in [5.74, 6) is 0.248. The van der Waals surface area contributed by atoms with E-state index in [1.165, 1.54) is 16.2 Å². The van der Waals surface area contributed by atoms with Crippen molar-refractivity contribution in [2.75, 3.05) is 38.2 Å². The lowest BCUT2D eigenvalue weighted by molar-refractivity contribution is -0.122. The summed E-state index contributed by atoms with van der Waals surface area (Å²) in [4.78, 5) is 32.9. The van der Waals surface area contributed by atoms with E-state index in [0.717, 1.165) is 19.4 Å². The molecule has 2 fully saturated rings. The highest BCUT2D eigenvalue weighted by molar-refractivity contribution is 8.26. The Kier molecular flexibility index (Phi) is 7.56. The van der Waals surface area contributed by atoms with E-state index in [2.05, 4.69) is 10.3 Å². The van der Waals surface area contributed by atoms with Crippen LogP contribution in [0, 0.1) is 0 Å². The fourth-order valence-corrected chi connectivity index (χ4v) is 4.97. The van der Waals surface area contributed by atoms with Crippen LogP contribution in [0.4, 0.5) is 5.82 Å². The second-order valence-electron chi connectivity index (χ2n) is 7.51. The molecule has 0 bridgehead atoms. The Bertz CT molecular complexity index is 1100. The quantitative estimate of drug-likeness (QED) is 0.337. The Hall–Kier alpha value is -2.27. The topological polar surface area (TPSA) is 85.2 Å². The van der Waals surface area contributed by atoms with Crippen LogP contribution in [0.5, 0.6) is 0 Å². The van der Waals surface area contributed by atoms with Gasteiger partial charge >= 0.3 is 0 Å². The van der Waals surface area contributed by atoms with E-state index in [4.69, 9.17) is 21.7 Å². The zero-order valence-electron chi connectivity index (χ0n) is 17.9. The van der Waals surface area contributed by atoms with Crippen molar-refractivity contribution in [3.63, 3.8) is 0 Å². The maximum atomic E-state index is 13.3. The third kappa shape index (κ3) is 5.03. The van der Waals surface area contributed by atoms with Crippen molar-refractivity contribution in [1.82, 2.24) is 14.3 Å². The van der Waals surface area contributed by atoms with Crippen molar-refractivity contribution < 1.29 is 14.3 Å². The molecule has 2 aromatic rings. The minimum absolute atomic E-state index is 0.0856.